The summed E-state index contributed by atoms with van der Waals surface area (Å²) in [6, 6.07) is 25.2. The molecule has 4 aromatic rings. The summed E-state index contributed by atoms with van der Waals surface area (Å²) < 4.78 is 11.9. The summed E-state index contributed by atoms with van der Waals surface area (Å²) in [7, 11) is 0. The Morgan fingerprint density at radius 2 is 1.68 bits per heavy atom. The zero-order chi connectivity index (χ0) is 26.2. The van der Waals surface area contributed by atoms with Gasteiger partial charge in [0.15, 0.2) is 11.5 Å². The van der Waals surface area contributed by atoms with Gasteiger partial charge in [-0.1, -0.05) is 60.2 Å². The summed E-state index contributed by atoms with van der Waals surface area (Å²) in [5.74, 6) is -0.498. The van der Waals surface area contributed by atoms with Crippen LogP contribution < -0.4 is 20.2 Å². The molecule has 0 aromatic heterocycles. The number of nitrogens with zero attached hydrogens (tertiary/aromatic N) is 1. The minimum absolute atomic E-state index is 0.389. The number of amides is 2. The molecule has 0 heterocycles. The van der Waals surface area contributed by atoms with E-state index in [1.165, 1.54) is 6.21 Å². The number of carbonyl (C=O) groups is 2. The molecule has 0 radical (unpaired) electrons. The highest BCUT2D eigenvalue weighted by Crippen LogP contribution is 2.30. The number of nitrogens with one attached hydrogen (secondary N) is 2. The van der Waals surface area contributed by atoms with Crippen molar-refractivity contribution in [2.45, 2.75) is 27.4 Å². The van der Waals surface area contributed by atoms with E-state index in [4.69, 9.17) is 9.47 Å². The minimum Gasteiger partial charge on any atom is -0.490 e. The van der Waals surface area contributed by atoms with Crippen LogP contribution in [0.4, 0.5) is 5.69 Å². The largest absolute Gasteiger partial charge is 0.490 e. The standard InChI is InChI=1S/C30H29N3O4/c1-4-36-28-17-22(18-31-33-30(35)29(34)32-26-14-12-20(2)16-21(26)3)13-15-27(28)37-19-24-10-7-9-23-8-5-6-11-25(23)24/h5-18H,4,19H2,1-3H3,(H,32,34)(H,33,35)/b31-18+. The van der Waals surface area contributed by atoms with E-state index in [1.54, 1.807) is 24.3 Å². The maximum Gasteiger partial charge on any atom is 0.329 e. The van der Waals surface area contributed by atoms with E-state index in [0.717, 1.165) is 27.5 Å². The molecule has 0 fully saturated rings. The van der Waals surface area contributed by atoms with Crippen LogP contribution in [0, 0.1) is 13.8 Å². The molecule has 4 aromatic carbocycles. The number of rotatable bonds is 8. The van der Waals surface area contributed by atoms with Crippen molar-refractivity contribution >= 4 is 34.5 Å². The number of hydrazone groups is 1. The molecule has 0 atom stereocenters. The molecule has 0 aliphatic carbocycles. The van der Waals surface area contributed by atoms with Crippen molar-refractivity contribution in [3.63, 3.8) is 0 Å². The summed E-state index contributed by atoms with van der Waals surface area (Å²) in [5, 5.41) is 8.81. The van der Waals surface area contributed by atoms with Gasteiger partial charge in [-0.3, -0.25) is 9.59 Å². The van der Waals surface area contributed by atoms with Crippen LogP contribution in [-0.2, 0) is 16.2 Å². The van der Waals surface area contributed by atoms with Gasteiger partial charge in [-0.05, 0) is 72.5 Å². The van der Waals surface area contributed by atoms with E-state index in [2.05, 4.69) is 34.0 Å². The predicted octanol–water partition coefficient (Wildman–Crippen LogP) is 5.52. The number of aryl methyl sites for hydroxylation is 2. The Balaban J connectivity index is 1.39. The Hall–Kier alpha value is -4.65. The van der Waals surface area contributed by atoms with Gasteiger partial charge in [0.2, 0.25) is 0 Å². The molecule has 0 unspecified atom stereocenters. The molecule has 2 amide bonds. The Labute approximate surface area is 216 Å². The van der Waals surface area contributed by atoms with Crippen LogP contribution in [0.5, 0.6) is 11.5 Å². The van der Waals surface area contributed by atoms with Crippen LogP contribution >= 0.6 is 0 Å². The molecule has 7 heteroatoms. The molecule has 4 rings (SSSR count). The summed E-state index contributed by atoms with van der Waals surface area (Å²) in [6.07, 6.45) is 1.44. The smallest absolute Gasteiger partial charge is 0.329 e. The normalized spacial score (nSPS) is 10.9. The van der Waals surface area contributed by atoms with Crippen molar-refractivity contribution in [3.8, 4) is 11.5 Å². The van der Waals surface area contributed by atoms with Crippen LogP contribution in [0.1, 0.15) is 29.2 Å². The van der Waals surface area contributed by atoms with Gasteiger partial charge in [-0.2, -0.15) is 5.10 Å². The summed E-state index contributed by atoms with van der Waals surface area (Å²) in [6.45, 7) is 6.57. The fourth-order valence-electron chi connectivity index (χ4n) is 3.92. The maximum atomic E-state index is 12.2. The molecule has 0 saturated carbocycles. The second-order valence-electron chi connectivity index (χ2n) is 8.54. The lowest BCUT2D eigenvalue weighted by atomic mass is 10.1. The van der Waals surface area contributed by atoms with E-state index in [1.807, 2.05) is 57.2 Å². The number of hydrogen-bond acceptors (Lipinski definition) is 5. The van der Waals surface area contributed by atoms with Gasteiger partial charge in [0.25, 0.3) is 0 Å². The Morgan fingerprint density at radius 1 is 0.865 bits per heavy atom. The quantitative estimate of drug-likeness (QED) is 0.191. The monoisotopic (exact) mass is 495 g/mol. The average Bonchev–Trinajstić information content (AvgIpc) is 2.90. The third-order valence-electron chi connectivity index (χ3n) is 5.75. The van der Waals surface area contributed by atoms with E-state index in [0.29, 0.717) is 36.0 Å². The molecule has 7 nitrogen and oxygen atoms in total. The maximum absolute atomic E-state index is 12.2. The Kier molecular flexibility index (Phi) is 8.15. The van der Waals surface area contributed by atoms with E-state index in [9.17, 15) is 9.59 Å². The Morgan fingerprint density at radius 3 is 2.49 bits per heavy atom. The first kappa shape index (κ1) is 25.4. The van der Waals surface area contributed by atoms with Gasteiger partial charge in [0, 0.05) is 5.69 Å². The average molecular weight is 496 g/mol. The van der Waals surface area contributed by atoms with Crippen molar-refractivity contribution in [1.29, 1.82) is 0 Å². The number of fused-ring (bicyclic) bond motifs is 1. The molecule has 0 aliphatic rings. The van der Waals surface area contributed by atoms with E-state index < -0.39 is 11.8 Å². The SMILES string of the molecule is CCOc1cc(/C=N/NC(=O)C(=O)Nc2ccc(C)cc2C)ccc1OCc1cccc2ccccc12. The van der Waals surface area contributed by atoms with Crippen molar-refractivity contribution in [2.24, 2.45) is 5.10 Å². The molecule has 2 N–H and O–H groups in total. The first-order valence-corrected chi connectivity index (χ1v) is 12.0. The van der Waals surface area contributed by atoms with Crippen molar-refractivity contribution < 1.29 is 19.1 Å². The lowest BCUT2D eigenvalue weighted by molar-refractivity contribution is -0.136. The molecular formula is C30H29N3O4. The first-order chi connectivity index (χ1) is 17.9. The van der Waals surface area contributed by atoms with E-state index in [-0.39, 0.29) is 0 Å². The highest BCUT2D eigenvalue weighted by molar-refractivity contribution is 6.39. The van der Waals surface area contributed by atoms with Crippen molar-refractivity contribution in [1.82, 2.24) is 5.43 Å². The van der Waals surface area contributed by atoms with Gasteiger partial charge in [0.05, 0.1) is 12.8 Å². The van der Waals surface area contributed by atoms with Crippen molar-refractivity contribution in [3.05, 3.63) is 101 Å². The van der Waals surface area contributed by atoms with Crippen LogP contribution in [0.25, 0.3) is 10.8 Å². The van der Waals surface area contributed by atoms with Crippen LogP contribution in [0.3, 0.4) is 0 Å². The first-order valence-electron chi connectivity index (χ1n) is 12.0. The third-order valence-corrected chi connectivity index (χ3v) is 5.75. The Bertz CT molecular complexity index is 1460. The fraction of sp³-hybridized carbons (Fsp3) is 0.167. The highest BCUT2D eigenvalue weighted by Gasteiger charge is 2.14. The molecule has 188 valence electrons. The predicted molar refractivity (Wildman–Crippen MR) is 146 cm³/mol. The molecule has 37 heavy (non-hydrogen) atoms. The van der Waals surface area contributed by atoms with Gasteiger partial charge < -0.3 is 14.8 Å². The summed E-state index contributed by atoms with van der Waals surface area (Å²) >= 11 is 0. The molecular weight excluding hydrogens is 466 g/mol. The number of ether oxygens (including phenoxy) is 2. The second kappa shape index (κ2) is 11.9. The lowest BCUT2D eigenvalue weighted by Crippen LogP contribution is -2.32. The zero-order valence-corrected chi connectivity index (χ0v) is 21.1. The van der Waals surface area contributed by atoms with Crippen LogP contribution in [-0.4, -0.2) is 24.6 Å². The van der Waals surface area contributed by atoms with Gasteiger partial charge >= 0.3 is 11.8 Å². The number of carbonyl (C=O) groups excluding carboxylic acids is 2. The third kappa shape index (κ3) is 6.52. The van der Waals surface area contributed by atoms with Crippen molar-refractivity contribution in [2.75, 3.05) is 11.9 Å². The molecule has 0 spiro atoms. The minimum atomic E-state index is -0.865. The highest BCUT2D eigenvalue weighted by atomic mass is 16.5. The zero-order valence-electron chi connectivity index (χ0n) is 21.1. The molecule has 0 bridgehead atoms. The van der Waals surface area contributed by atoms with E-state index >= 15 is 0 Å². The summed E-state index contributed by atoms with van der Waals surface area (Å²) in [5.41, 5.74) is 6.53. The lowest BCUT2D eigenvalue weighted by Gasteiger charge is -2.13. The number of hydrogen-bond donors (Lipinski definition) is 2. The van der Waals surface area contributed by atoms with Gasteiger partial charge in [-0.25, -0.2) is 5.43 Å². The van der Waals surface area contributed by atoms with Gasteiger partial charge in [0.1, 0.15) is 6.61 Å². The topological polar surface area (TPSA) is 89.0 Å². The number of benzene rings is 4. The molecule has 0 saturated heterocycles. The fourth-order valence-corrected chi connectivity index (χ4v) is 3.92. The second-order valence-corrected chi connectivity index (χ2v) is 8.54. The summed E-state index contributed by atoms with van der Waals surface area (Å²) in [4.78, 5) is 24.4. The van der Waals surface area contributed by atoms with Gasteiger partial charge in [-0.15, -0.1) is 0 Å². The molecule has 0 aliphatic heterocycles. The van der Waals surface area contributed by atoms with Crippen LogP contribution in [0.15, 0.2) is 84.0 Å². The van der Waals surface area contributed by atoms with Crippen LogP contribution in [0.2, 0.25) is 0 Å². The number of anilines is 1.